The SMILES string of the molecule is CCc1nc2cc(C(NC)C(=O)O)ccc2n1C. The highest BCUT2D eigenvalue weighted by molar-refractivity contribution is 5.81. The molecule has 5 nitrogen and oxygen atoms in total. The standard InChI is InChI=1S/C13H17N3O2/c1-4-11-15-9-7-8(12(14-2)13(17)18)5-6-10(9)16(11)3/h5-7,12,14H,4H2,1-3H3,(H,17,18). The number of nitrogens with one attached hydrogen (secondary N) is 1. The maximum atomic E-state index is 11.1. The Morgan fingerprint density at radius 1 is 1.56 bits per heavy atom. The predicted octanol–water partition coefficient (Wildman–Crippen LogP) is 1.48. The lowest BCUT2D eigenvalue weighted by Crippen LogP contribution is -2.24. The molecule has 1 unspecified atom stereocenters. The number of carbonyl (C=O) groups is 1. The lowest BCUT2D eigenvalue weighted by Gasteiger charge is -2.11. The number of nitrogens with zero attached hydrogens (tertiary/aromatic N) is 2. The third kappa shape index (κ3) is 1.97. The van der Waals surface area contributed by atoms with Crippen molar-refractivity contribution in [3.63, 3.8) is 0 Å². The lowest BCUT2D eigenvalue weighted by atomic mass is 10.1. The molecule has 1 atom stereocenters. The highest BCUT2D eigenvalue weighted by atomic mass is 16.4. The third-order valence-corrected chi connectivity index (χ3v) is 3.18. The van der Waals surface area contributed by atoms with Gasteiger partial charge < -0.3 is 15.0 Å². The Hall–Kier alpha value is -1.88. The number of carboxylic acids is 1. The van der Waals surface area contributed by atoms with E-state index in [1.54, 1.807) is 7.05 Å². The van der Waals surface area contributed by atoms with Crippen LogP contribution in [-0.2, 0) is 18.3 Å². The molecule has 0 aliphatic heterocycles. The van der Waals surface area contributed by atoms with Crippen LogP contribution in [0.3, 0.4) is 0 Å². The van der Waals surface area contributed by atoms with E-state index >= 15 is 0 Å². The van der Waals surface area contributed by atoms with Gasteiger partial charge in [0.15, 0.2) is 0 Å². The fraction of sp³-hybridized carbons (Fsp3) is 0.385. The number of aromatic nitrogens is 2. The van der Waals surface area contributed by atoms with E-state index in [0.717, 1.165) is 28.8 Å². The van der Waals surface area contributed by atoms with E-state index in [4.69, 9.17) is 5.11 Å². The van der Waals surface area contributed by atoms with Gasteiger partial charge in [-0.15, -0.1) is 0 Å². The second kappa shape index (κ2) is 4.78. The largest absolute Gasteiger partial charge is 0.480 e. The van der Waals surface area contributed by atoms with Crippen molar-refractivity contribution in [3.8, 4) is 0 Å². The van der Waals surface area contributed by atoms with Gasteiger partial charge in [-0.1, -0.05) is 13.0 Å². The summed E-state index contributed by atoms with van der Waals surface area (Å²) in [4.78, 5) is 15.6. The number of carboxylic acid groups (broad SMARTS) is 1. The van der Waals surface area contributed by atoms with E-state index in [1.165, 1.54) is 0 Å². The normalized spacial score (nSPS) is 12.8. The Morgan fingerprint density at radius 3 is 2.83 bits per heavy atom. The maximum Gasteiger partial charge on any atom is 0.325 e. The molecule has 0 radical (unpaired) electrons. The van der Waals surface area contributed by atoms with Gasteiger partial charge in [0.1, 0.15) is 11.9 Å². The van der Waals surface area contributed by atoms with Gasteiger partial charge in [-0.25, -0.2) is 4.98 Å². The predicted molar refractivity (Wildman–Crippen MR) is 69.5 cm³/mol. The smallest absolute Gasteiger partial charge is 0.325 e. The van der Waals surface area contributed by atoms with Gasteiger partial charge in [-0.05, 0) is 24.7 Å². The van der Waals surface area contributed by atoms with Crippen molar-refractivity contribution in [1.82, 2.24) is 14.9 Å². The Balaban J connectivity index is 2.53. The van der Waals surface area contributed by atoms with E-state index in [-0.39, 0.29) is 0 Å². The molecule has 2 rings (SSSR count). The molecule has 0 saturated carbocycles. The molecule has 0 bridgehead atoms. The number of imidazole rings is 1. The number of rotatable bonds is 4. The minimum atomic E-state index is -0.886. The van der Waals surface area contributed by atoms with Crippen LogP contribution in [0, 0.1) is 0 Å². The molecule has 1 aromatic heterocycles. The molecular weight excluding hydrogens is 230 g/mol. The summed E-state index contributed by atoms with van der Waals surface area (Å²) in [5, 5.41) is 11.9. The van der Waals surface area contributed by atoms with Gasteiger partial charge in [0.25, 0.3) is 0 Å². The van der Waals surface area contributed by atoms with Crippen LogP contribution in [0.2, 0.25) is 0 Å². The molecule has 18 heavy (non-hydrogen) atoms. The van der Waals surface area contributed by atoms with Crippen LogP contribution < -0.4 is 5.32 Å². The first-order chi connectivity index (χ1) is 8.58. The Bertz CT molecular complexity index is 589. The summed E-state index contributed by atoms with van der Waals surface area (Å²) < 4.78 is 2.04. The molecule has 2 aromatic rings. The van der Waals surface area contributed by atoms with Crippen LogP contribution in [0.4, 0.5) is 0 Å². The quantitative estimate of drug-likeness (QED) is 0.858. The Labute approximate surface area is 105 Å². The lowest BCUT2D eigenvalue weighted by molar-refractivity contribution is -0.139. The van der Waals surface area contributed by atoms with Gasteiger partial charge in [0.2, 0.25) is 0 Å². The fourth-order valence-corrected chi connectivity index (χ4v) is 2.20. The van der Waals surface area contributed by atoms with Gasteiger partial charge in [0.05, 0.1) is 11.0 Å². The summed E-state index contributed by atoms with van der Waals surface area (Å²) in [6, 6.07) is 4.90. The fourth-order valence-electron chi connectivity index (χ4n) is 2.20. The monoisotopic (exact) mass is 247 g/mol. The van der Waals surface area contributed by atoms with Crippen LogP contribution in [-0.4, -0.2) is 27.7 Å². The van der Waals surface area contributed by atoms with E-state index in [1.807, 2.05) is 29.8 Å². The molecular formula is C13H17N3O2. The third-order valence-electron chi connectivity index (χ3n) is 3.18. The van der Waals surface area contributed by atoms with Gasteiger partial charge >= 0.3 is 5.97 Å². The first kappa shape index (κ1) is 12.6. The van der Waals surface area contributed by atoms with Crippen LogP contribution in [0.5, 0.6) is 0 Å². The van der Waals surface area contributed by atoms with Crippen molar-refractivity contribution in [2.75, 3.05) is 7.05 Å². The number of likely N-dealkylation sites (N-methyl/N-ethyl adjacent to an activating group) is 1. The average Bonchev–Trinajstić information content (AvgIpc) is 2.66. The number of hydrogen-bond acceptors (Lipinski definition) is 3. The number of hydrogen-bond donors (Lipinski definition) is 2. The molecule has 0 aliphatic rings. The van der Waals surface area contributed by atoms with Gasteiger partial charge in [-0.3, -0.25) is 4.79 Å². The Morgan fingerprint density at radius 2 is 2.28 bits per heavy atom. The molecule has 96 valence electrons. The number of aryl methyl sites for hydroxylation is 2. The summed E-state index contributed by atoms with van der Waals surface area (Å²) >= 11 is 0. The molecule has 0 saturated heterocycles. The molecule has 0 aliphatic carbocycles. The zero-order chi connectivity index (χ0) is 13.3. The number of aliphatic carboxylic acids is 1. The highest BCUT2D eigenvalue weighted by Crippen LogP contribution is 2.21. The van der Waals surface area contributed by atoms with Crippen LogP contribution >= 0.6 is 0 Å². The first-order valence-electron chi connectivity index (χ1n) is 5.93. The summed E-state index contributed by atoms with van der Waals surface area (Å²) in [5.41, 5.74) is 2.59. The minimum Gasteiger partial charge on any atom is -0.480 e. The first-order valence-corrected chi connectivity index (χ1v) is 5.93. The Kier molecular flexibility index (Phi) is 3.34. The van der Waals surface area contributed by atoms with Crippen molar-refractivity contribution in [1.29, 1.82) is 0 Å². The summed E-state index contributed by atoms with van der Waals surface area (Å²) in [7, 11) is 3.61. The molecule has 0 fully saturated rings. The topological polar surface area (TPSA) is 67.2 Å². The highest BCUT2D eigenvalue weighted by Gasteiger charge is 2.18. The second-order valence-electron chi connectivity index (χ2n) is 4.25. The molecule has 1 aromatic carbocycles. The van der Waals surface area contributed by atoms with Crippen LogP contribution in [0.25, 0.3) is 11.0 Å². The van der Waals surface area contributed by atoms with E-state index in [0.29, 0.717) is 0 Å². The van der Waals surface area contributed by atoms with Crippen molar-refractivity contribution < 1.29 is 9.90 Å². The second-order valence-corrected chi connectivity index (χ2v) is 4.25. The van der Waals surface area contributed by atoms with E-state index < -0.39 is 12.0 Å². The van der Waals surface area contributed by atoms with Gasteiger partial charge in [-0.2, -0.15) is 0 Å². The summed E-state index contributed by atoms with van der Waals surface area (Å²) in [6.07, 6.45) is 0.856. The maximum absolute atomic E-state index is 11.1. The zero-order valence-corrected chi connectivity index (χ0v) is 10.8. The molecule has 0 amide bonds. The molecule has 0 spiro atoms. The minimum absolute atomic E-state index is 0.693. The van der Waals surface area contributed by atoms with Crippen molar-refractivity contribution in [3.05, 3.63) is 29.6 Å². The zero-order valence-electron chi connectivity index (χ0n) is 10.8. The van der Waals surface area contributed by atoms with E-state index in [2.05, 4.69) is 17.2 Å². The molecule has 1 heterocycles. The van der Waals surface area contributed by atoms with Crippen molar-refractivity contribution >= 4 is 17.0 Å². The average molecular weight is 247 g/mol. The van der Waals surface area contributed by atoms with E-state index in [9.17, 15) is 4.79 Å². The van der Waals surface area contributed by atoms with Crippen molar-refractivity contribution in [2.24, 2.45) is 7.05 Å². The summed E-state index contributed by atoms with van der Waals surface area (Å²) in [6.45, 7) is 2.05. The number of benzene rings is 1. The van der Waals surface area contributed by atoms with Crippen LogP contribution in [0.1, 0.15) is 24.4 Å². The summed E-state index contributed by atoms with van der Waals surface area (Å²) in [5.74, 6) is 0.113. The van der Waals surface area contributed by atoms with Crippen molar-refractivity contribution in [2.45, 2.75) is 19.4 Å². The molecule has 5 heteroatoms. The van der Waals surface area contributed by atoms with Crippen LogP contribution in [0.15, 0.2) is 18.2 Å². The number of fused-ring (bicyclic) bond motifs is 1. The molecule has 2 N–H and O–H groups in total. The van der Waals surface area contributed by atoms with Gasteiger partial charge in [0, 0.05) is 13.5 Å².